The molecule has 0 atom stereocenters. The molecule has 2 N–H and O–H groups in total. The lowest BCUT2D eigenvalue weighted by atomic mass is 10.0. The second-order valence-corrected chi connectivity index (χ2v) is 7.64. The van der Waals surface area contributed by atoms with Gasteiger partial charge in [-0.05, 0) is 72.0 Å². The van der Waals surface area contributed by atoms with Crippen LogP contribution in [0.4, 0.5) is 0 Å². The lowest BCUT2D eigenvalue weighted by molar-refractivity contribution is 0.0954. The summed E-state index contributed by atoms with van der Waals surface area (Å²) in [6.07, 6.45) is 3.35. The highest BCUT2D eigenvalue weighted by molar-refractivity contribution is 6.31. The van der Waals surface area contributed by atoms with Crippen molar-refractivity contribution in [1.29, 1.82) is 5.26 Å². The summed E-state index contributed by atoms with van der Waals surface area (Å²) in [6.45, 7) is 0.534. The molecule has 0 aliphatic rings. The Balaban J connectivity index is 1.39. The van der Waals surface area contributed by atoms with Crippen LogP contribution in [0.1, 0.15) is 32.6 Å². The summed E-state index contributed by atoms with van der Waals surface area (Å²) in [5, 5.41) is 13.8. The summed E-state index contributed by atoms with van der Waals surface area (Å²) in [4.78, 5) is 15.8. The highest BCUT2D eigenvalue weighted by Crippen LogP contribution is 2.22. The number of hydrogen-bond donors (Lipinski definition) is 2. The molecule has 4 aromatic rings. The number of nitrogens with one attached hydrogen (secondary N) is 2. The summed E-state index contributed by atoms with van der Waals surface area (Å²) < 4.78 is 0. The molecule has 0 radical (unpaired) electrons. The predicted molar refractivity (Wildman–Crippen MR) is 120 cm³/mol. The van der Waals surface area contributed by atoms with Gasteiger partial charge in [-0.15, -0.1) is 0 Å². The van der Waals surface area contributed by atoms with E-state index in [4.69, 9.17) is 16.9 Å². The fraction of sp³-hybridized carbons (Fsp3) is 0.120. The fourth-order valence-corrected chi connectivity index (χ4v) is 3.75. The van der Waals surface area contributed by atoms with Gasteiger partial charge < -0.3 is 10.3 Å². The van der Waals surface area contributed by atoms with E-state index in [2.05, 4.69) is 16.4 Å². The largest absolute Gasteiger partial charge is 0.361 e. The van der Waals surface area contributed by atoms with Crippen molar-refractivity contribution in [1.82, 2.24) is 10.3 Å². The minimum atomic E-state index is -0.0968. The molecule has 0 saturated carbocycles. The Bertz CT molecular complexity index is 1250. The van der Waals surface area contributed by atoms with Gasteiger partial charge in [0.05, 0.1) is 11.6 Å². The van der Waals surface area contributed by atoms with Gasteiger partial charge in [0.25, 0.3) is 5.91 Å². The number of rotatable bonds is 6. The summed E-state index contributed by atoms with van der Waals surface area (Å²) in [5.74, 6) is -0.0968. The minimum Gasteiger partial charge on any atom is -0.361 e. The van der Waals surface area contributed by atoms with E-state index in [9.17, 15) is 4.79 Å². The third-order valence-electron chi connectivity index (χ3n) is 5.06. The van der Waals surface area contributed by atoms with Crippen LogP contribution >= 0.6 is 11.6 Å². The smallest absolute Gasteiger partial charge is 0.251 e. The monoisotopic (exact) mass is 413 g/mol. The van der Waals surface area contributed by atoms with Gasteiger partial charge in [-0.3, -0.25) is 4.79 Å². The molecule has 0 fully saturated rings. The second-order valence-electron chi connectivity index (χ2n) is 7.20. The van der Waals surface area contributed by atoms with Crippen LogP contribution < -0.4 is 5.32 Å². The number of benzene rings is 3. The Labute approximate surface area is 180 Å². The van der Waals surface area contributed by atoms with Crippen molar-refractivity contribution in [3.05, 3.63) is 106 Å². The Morgan fingerprint density at radius 3 is 2.67 bits per heavy atom. The molecule has 0 aliphatic carbocycles. The van der Waals surface area contributed by atoms with E-state index in [-0.39, 0.29) is 5.91 Å². The third-order valence-corrected chi connectivity index (χ3v) is 5.30. The average Bonchev–Trinajstić information content (AvgIpc) is 3.16. The molecular formula is C25H20ClN3O. The summed E-state index contributed by atoms with van der Waals surface area (Å²) >= 11 is 6.10. The van der Waals surface area contributed by atoms with Crippen molar-refractivity contribution in [3.63, 3.8) is 0 Å². The summed E-state index contributed by atoms with van der Waals surface area (Å²) in [7, 11) is 0. The summed E-state index contributed by atoms with van der Waals surface area (Å²) in [5.41, 5.74) is 5.51. The van der Waals surface area contributed by atoms with Crippen molar-refractivity contribution >= 4 is 28.4 Å². The Morgan fingerprint density at radius 1 is 1.03 bits per heavy atom. The van der Waals surface area contributed by atoms with Gasteiger partial charge in [0.1, 0.15) is 0 Å². The first-order chi connectivity index (χ1) is 14.6. The van der Waals surface area contributed by atoms with E-state index < -0.39 is 0 Å². The third kappa shape index (κ3) is 4.53. The first-order valence-electron chi connectivity index (χ1n) is 9.74. The van der Waals surface area contributed by atoms with E-state index in [1.807, 2.05) is 66.9 Å². The molecule has 5 heteroatoms. The zero-order valence-electron chi connectivity index (χ0n) is 16.3. The van der Waals surface area contributed by atoms with E-state index in [1.165, 1.54) is 0 Å². The highest BCUT2D eigenvalue weighted by Gasteiger charge is 2.09. The number of hydrogen-bond acceptors (Lipinski definition) is 2. The van der Waals surface area contributed by atoms with Gasteiger partial charge in [-0.25, -0.2) is 0 Å². The molecule has 30 heavy (non-hydrogen) atoms. The van der Waals surface area contributed by atoms with E-state index in [1.54, 1.807) is 6.07 Å². The molecule has 1 aromatic heterocycles. The molecule has 0 bridgehead atoms. The number of H-pyrrole nitrogens is 1. The molecule has 3 aromatic carbocycles. The zero-order chi connectivity index (χ0) is 20.9. The molecule has 0 saturated heterocycles. The minimum absolute atomic E-state index is 0.0968. The maximum absolute atomic E-state index is 12.6. The lowest BCUT2D eigenvalue weighted by Crippen LogP contribution is -2.25. The topological polar surface area (TPSA) is 68.7 Å². The van der Waals surface area contributed by atoms with E-state index in [0.29, 0.717) is 35.5 Å². The number of halogens is 1. The number of amides is 1. The second kappa shape index (κ2) is 8.86. The van der Waals surface area contributed by atoms with E-state index >= 15 is 0 Å². The predicted octanol–water partition coefficient (Wildman–Crippen LogP) is 5.26. The van der Waals surface area contributed by atoms with Crippen molar-refractivity contribution < 1.29 is 4.79 Å². The Kier molecular flexibility index (Phi) is 5.83. The molecule has 4 rings (SSSR count). The summed E-state index contributed by atoms with van der Waals surface area (Å²) in [6, 6.07) is 23.0. The van der Waals surface area contributed by atoms with Crippen molar-refractivity contribution in [2.45, 2.75) is 12.8 Å². The van der Waals surface area contributed by atoms with Gasteiger partial charge in [0.2, 0.25) is 0 Å². The van der Waals surface area contributed by atoms with E-state index in [0.717, 1.165) is 27.6 Å². The van der Waals surface area contributed by atoms with Gasteiger partial charge in [-0.1, -0.05) is 35.9 Å². The number of nitriles is 1. The number of fused-ring (bicyclic) bond motifs is 1. The van der Waals surface area contributed by atoms with Crippen LogP contribution in [0, 0.1) is 11.3 Å². The quantitative estimate of drug-likeness (QED) is 0.453. The zero-order valence-corrected chi connectivity index (χ0v) is 17.0. The standard InChI is InChI=1S/C25H20ClN3O/c26-22-7-8-24-23(14-22)21(16-29-24)9-10-28-25(30)20-6-2-4-18(13-20)11-17-3-1-5-19(12-17)15-27/h1-8,12-14,16,29H,9-11H2,(H,28,30). The lowest BCUT2D eigenvalue weighted by Gasteiger charge is -2.08. The van der Waals surface area contributed by atoms with Gasteiger partial charge in [0, 0.05) is 34.2 Å². The molecule has 148 valence electrons. The molecular weight excluding hydrogens is 394 g/mol. The van der Waals surface area contributed by atoms with Gasteiger partial charge >= 0.3 is 0 Å². The van der Waals surface area contributed by atoms with Crippen LogP contribution in [0.25, 0.3) is 10.9 Å². The van der Waals surface area contributed by atoms with Crippen LogP contribution in [0.3, 0.4) is 0 Å². The molecule has 4 nitrogen and oxygen atoms in total. The maximum atomic E-state index is 12.6. The number of carbonyl (C=O) groups excluding carboxylic acids is 1. The number of aromatic nitrogens is 1. The number of nitrogens with zero attached hydrogens (tertiary/aromatic N) is 1. The number of carbonyl (C=O) groups is 1. The fourth-order valence-electron chi connectivity index (χ4n) is 3.58. The normalized spacial score (nSPS) is 10.7. The molecule has 0 unspecified atom stereocenters. The first-order valence-corrected chi connectivity index (χ1v) is 10.1. The SMILES string of the molecule is N#Cc1cccc(Cc2cccc(C(=O)NCCc3c[nH]c4ccc(Cl)cc34)c2)c1. The average molecular weight is 414 g/mol. The molecule has 0 spiro atoms. The molecule has 1 heterocycles. The Morgan fingerprint density at radius 2 is 1.83 bits per heavy atom. The van der Waals surface area contributed by atoms with Gasteiger partial charge in [0.15, 0.2) is 0 Å². The van der Waals surface area contributed by atoms with Crippen LogP contribution in [0.15, 0.2) is 72.9 Å². The van der Waals surface area contributed by atoms with Crippen molar-refractivity contribution in [2.24, 2.45) is 0 Å². The molecule has 1 amide bonds. The Hall–Kier alpha value is -3.55. The van der Waals surface area contributed by atoms with Crippen LogP contribution in [-0.2, 0) is 12.8 Å². The van der Waals surface area contributed by atoms with Crippen LogP contribution in [0.2, 0.25) is 5.02 Å². The maximum Gasteiger partial charge on any atom is 0.251 e. The van der Waals surface area contributed by atoms with Crippen LogP contribution in [0.5, 0.6) is 0 Å². The highest BCUT2D eigenvalue weighted by atomic mass is 35.5. The van der Waals surface area contributed by atoms with Crippen LogP contribution in [-0.4, -0.2) is 17.4 Å². The number of aromatic amines is 1. The molecule has 0 aliphatic heterocycles. The van der Waals surface area contributed by atoms with Crippen molar-refractivity contribution in [2.75, 3.05) is 6.54 Å². The van der Waals surface area contributed by atoms with Crippen molar-refractivity contribution in [3.8, 4) is 6.07 Å². The first kappa shape index (κ1) is 19.8. The van der Waals surface area contributed by atoms with Gasteiger partial charge in [-0.2, -0.15) is 5.26 Å².